The van der Waals surface area contributed by atoms with Gasteiger partial charge in [0.15, 0.2) is 6.10 Å². The SMILES string of the molecule is CCOc1ccc(OC(C)C(=O)NNC(=O)CCCc2nc(-c3ccccc3)no2)cc1. The maximum Gasteiger partial charge on any atom is 0.279 e. The van der Waals surface area contributed by atoms with Gasteiger partial charge in [0.05, 0.1) is 6.61 Å². The Balaban J connectivity index is 1.35. The highest BCUT2D eigenvalue weighted by Gasteiger charge is 2.16. The van der Waals surface area contributed by atoms with E-state index in [1.54, 1.807) is 31.2 Å². The van der Waals surface area contributed by atoms with Crippen molar-refractivity contribution in [3.05, 3.63) is 60.5 Å². The molecule has 1 heterocycles. The molecular weight excluding hydrogens is 412 g/mol. The fourth-order valence-corrected chi connectivity index (χ4v) is 2.80. The van der Waals surface area contributed by atoms with E-state index >= 15 is 0 Å². The molecule has 1 unspecified atom stereocenters. The normalized spacial score (nSPS) is 11.4. The predicted octanol–water partition coefficient (Wildman–Crippen LogP) is 3.07. The topological polar surface area (TPSA) is 116 Å². The lowest BCUT2D eigenvalue weighted by Gasteiger charge is -2.15. The van der Waals surface area contributed by atoms with Crippen LogP contribution in [0.3, 0.4) is 0 Å². The minimum absolute atomic E-state index is 0.192. The first-order chi connectivity index (χ1) is 15.5. The van der Waals surface area contributed by atoms with Crippen molar-refractivity contribution in [3.8, 4) is 22.9 Å². The summed E-state index contributed by atoms with van der Waals surface area (Å²) in [4.78, 5) is 28.5. The number of aromatic nitrogens is 2. The number of hydrogen-bond donors (Lipinski definition) is 2. The second-order valence-corrected chi connectivity index (χ2v) is 6.93. The van der Waals surface area contributed by atoms with E-state index in [0.717, 1.165) is 11.3 Å². The Bertz CT molecular complexity index is 1000. The van der Waals surface area contributed by atoms with E-state index in [9.17, 15) is 9.59 Å². The van der Waals surface area contributed by atoms with Gasteiger partial charge in [0.25, 0.3) is 5.91 Å². The Morgan fingerprint density at radius 3 is 2.47 bits per heavy atom. The molecule has 0 aliphatic rings. The van der Waals surface area contributed by atoms with Crippen LogP contribution in [0.4, 0.5) is 0 Å². The van der Waals surface area contributed by atoms with Crippen molar-refractivity contribution in [3.63, 3.8) is 0 Å². The highest BCUT2D eigenvalue weighted by molar-refractivity contribution is 5.84. The number of amides is 2. The minimum atomic E-state index is -0.789. The summed E-state index contributed by atoms with van der Waals surface area (Å²) in [6.45, 7) is 4.07. The quantitative estimate of drug-likeness (QED) is 0.467. The van der Waals surface area contributed by atoms with Crippen molar-refractivity contribution in [2.45, 2.75) is 39.2 Å². The zero-order valence-electron chi connectivity index (χ0n) is 18.0. The lowest BCUT2D eigenvalue weighted by Crippen LogP contribution is -2.47. The number of carbonyl (C=O) groups is 2. The van der Waals surface area contributed by atoms with Crippen LogP contribution in [0.1, 0.15) is 32.6 Å². The van der Waals surface area contributed by atoms with Gasteiger partial charge in [-0.15, -0.1) is 0 Å². The van der Waals surface area contributed by atoms with Crippen LogP contribution in [0.15, 0.2) is 59.1 Å². The fraction of sp³-hybridized carbons (Fsp3) is 0.304. The summed E-state index contributed by atoms with van der Waals surface area (Å²) in [7, 11) is 0. The van der Waals surface area contributed by atoms with E-state index in [-0.39, 0.29) is 12.3 Å². The van der Waals surface area contributed by atoms with Crippen molar-refractivity contribution < 1.29 is 23.6 Å². The lowest BCUT2D eigenvalue weighted by molar-refractivity contribution is -0.132. The first-order valence-electron chi connectivity index (χ1n) is 10.4. The molecule has 1 atom stereocenters. The first-order valence-corrected chi connectivity index (χ1v) is 10.4. The number of nitrogens with one attached hydrogen (secondary N) is 2. The van der Waals surface area contributed by atoms with Crippen molar-refractivity contribution in [1.29, 1.82) is 0 Å². The van der Waals surface area contributed by atoms with Crippen molar-refractivity contribution in [1.82, 2.24) is 21.0 Å². The van der Waals surface area contributed by atoms with Crippen LogP contribution in [0, 0.1) is 0 Å². The van der Waals surface area contributed by atoms with Crippen molar-refractivity contribution >= 4 is 11.8 Å². The Hall–Kier alpha value is -3.88. The molecule has 0 saturated carbocycles. The van der Waals surface area contributed by atoms with Gasteiger partial charge in [0.2, 0.25) is 17.6 Å². The summed E-state index contributed by atoms with van der Waals surface area (Å²) in [5.74, 6) is 1.43. The summed E-state index contributed by atoms with van der Waals surface area (Å²) < 4.78 is 16.2. The molecule has 2 N–H and O–H groups in total. The molecule has 2 aromatic carbocycles. The molecule has 9 nitrogen and oxygen atoms in total. The van der Waals surface area contributed by atoms with Crippen LogP contribution >= 0.6 is 0 Å². The molecule has 0 aliphatic heterocycles. The van der Waals surface area contributed by atoms with Crippen LogP contribution in [0.2, 0.25) is 0 Å². The molecule has 3 rings (SSSR count). The number of nitrogens with zero attached hydrogens (tertiary/aromatic N) is 2. The monoisotopic (exact) mass is 438 g/mol. The van der Waals surface area contributed by atoms with Crippen LogP contribution in [0.5, 0.6) is 11.5 Å². The van der Waals surface area contributed by atoms with Gasteiger partial charge in [-0.05, 0) is 44.5 Å². The van der Waals surface area contributed by atoms with Crippen LogP contribution in [0.25, 0.3) is 11.4 Å². The molecule has 1 aromatic heterocycles. The van der Waals surface area contributed by atoms with E-state index in [0.29, 0.717) is 36.9 Å². The summed E-state index contributed by atoms with van der Waals surface area (Å²) >= 11 is 0. The molecule has 3 aromatic rings. The van der Waals surface area contributed by atoms with Crippen LogP contribution in [-0.4, -0.2) is 34.7 Å². The minimum Gasteiger partial charge on any atom is -0.494 e. The summed E-state index contributed by atoms with van der Waals surface area (Å²) in [5, 5.41) is 3.95. The van der Waals surface area contributed by atoms with E-state index in [4.69, 9.17) is 14.0 Å². The second-order valence-electron chi connectivity index (χ2n) is 6.93. The van der Waals surface area contributed by atoms with Crippen LogP contribution < -0.4 is 20.3 Å². The third-order valence-electron chi connectivity index (χ3n) is 4.44. The molecule has 0 aliphatic carbocycles. The van der Waals surface area contributed by atoms with E-state index in [1.165, 1.54) is 0 Å². The van der Waals surface area contributed by atoms with Gasteiger partial charge in [-0.25, -0.2) is 0 Å². The number of aryl methyl sites for hydroxylation is 1. The van der Waals surface area contributed by atoms with Gasteiger partial charge in [-0.2, -0.15) is 4.98 Å². The smallest absolute Gasteiger partial charge is 0.279 e. The largest absolute Gasteiger partial charge is 0.494 e. The molecule has 0 spiro atoms. The van der Waals surface area contributed by atoms with Crippen LogP contribution in [-0.2, 0) is 16.0 Å². The highest BCUT2D eigenvalue weighted by atomic mass is 16.5. The number of hydrogen-bond acceptors (Lipinski definition) is 7. The third-order valence-corrected chi connectivity index (χ3v) is 4.44. The maximum absolute atomic E-state index is 12.1. The zero-order chi connectivity index (χ0) is 22.8. The standard InChI is InChI=1S/C23H26N4O5/c1-3-30-18-12-14-19(15-13-18)31-16(2)23(29)26-25-20(28)10-7-11-21-24-22(27-32-21)17-8-5-4-6-9-17/h4-6,8-9,12-16H,3,7,10-11H2,1-2H3,(H,25,28)(H,26,29). The number of rotatable bonds is 10. The zero-order valence-corrected chi connectivity index (χ0v) is 18.0. The molecule has 0 radical (unpaired) electrons. The van der Waals surface area contributed by atoms with Gasteiger partial charge < -0.3 is 14.0 Å². The lowest BCUT2D eigenvalue weighted by atomic mass is 10.2. The number of carbonyl (C=O) groups excluding carboxylic acids is 2. The summed E-state index contributed by atoms with van der Waals surface area (Å²) in [6, 6.07) is 16.4. The predicted molar refractivity (Wildman–Crippen MR) is 117 cm³/mol. The van der Waals surface area contributed by atoms with E-state index < -0.39 is 12.0 Å². The average molecular weight is 438 g/mol. The fourth-order valence-electron chi connectivity index (χ4n) is 2.80. The average Bonchev–Trinajstić information content (AvgIpc) is 3.28. The molecule has 0 fully saturated rings. The number of ether oxygens (including phenoxy) is 2. The Kier molecular flexibility index (Phi) is 8.19. The van der Waals surface area contributed by atoms with Gasteiger partial charge in [-0.1, -0.05) is 35.5 Å². The highest BCUT2D eigenvalue weighted by Crippen LogP contribution is 2.18. The second kappa shape index (κ2) is 11.5. The Morgan fingerprint density at radius 1 is 1.03 bits per heavy atom. The molecule has 168 valence electrons. The molecule has 0 bridgehead atoms. The Morgan fingerprint density at radius 2 is 1.75 bits per heavy atom. The number of benzene rings is 2. The molecule has 2 amide bonds. The molecule has 0 saturated heterocycles. The molecule has 9 heteroatoms. The number of hydrazine groups is 1. The van der Waals surface area contributed by atoms with Crippen molar-refractivity contribution in [2.24, 2.45) is 0 Å². The van der Waals surface area contributed by atoms with Gasteiger partial charge >= 0.3 is 0 Å². The summed E-state index contributed by atoms with van der Waals surface area (Å²) in [5.41, 5.74) is 5.62. The van der Waals surface area contributed by atoms with E-state index in [1.807, 2.05) is 37.3 Å². The first kappa shape index (κ1) is 22.8. The Labute approximate surface area is 186 Å². The van der Waals surface area contributed by atoms with Gasteiger partial charge in [-0.3, -0.25) is 20.4 Å². The molecular formula is C23H26N4O5. The summed E-state index contributed by atoms with van der Waals surface area (Å²) in [6.07, 6.45) is 0.356. The van der Waals surface area contributed by atoms with Gasteiger partial charge in [0, 0.05) is 18.4 Å². The van der Waals surface area contributed by atoms with Crippen molar-refractivity contribution in [2.75, 3.05) is 6.61 Å². The third kappa shape index (κ3) is 6.83. The molecule has 32 heavy (non-hydrogen) atoms. The maximum atomic E-state index is 12.1. The van der Waals surface area contributed by atoms with Gasteiger partial charge in [0.1, 0.15) is 11.5 Å². The van der Waals surface area contributed by atoms with E-state index in [2.05, 4.69) is 21.0 Å².